The van der Waals surface area contributed by atoms with E-state index in [1.165, 1.54) is 0 Å². The number of nitrogens with zero attached hydrogens (tertiary/aromatic N) is 1. The first kappa shape index (κ1) is 8.56. The fourth-order valence-electron chi connectivity index (χ4n) is 1.34. The quantitative estimate of drug-likeness (QED) is 0.601. The van der Waals surface area contributed by atoms with Crippen LogP contribution in [0.25, 0.3) is 0 Å². The maximum Gasteiger partial charge on any atom is 0.228 e. The lowest BCUT2D eigenvalue weighted by Gasteiger charge is -2.31. The van der Waals surface area contributed by atoms with Crippen LogP contribution in [-0.4, -0.2) is 12.5 Å². The minimum atomic E-state index is 0.147. The Morgan fingerprint density at radius 1 is 1.46 bits per heavy atom. The van der Waals surface area contributed by atoms with Crippen LogP contribution in [0.4, 0.5) is 11.4 Å². The Bertz CT molecular complexity index is 365. The van der Waals surface area contributed by atoms with Crippen molar-refractivity contribution in [2.24, 2.45) is 0 Å². The smallest absolute Gasteiger partial charge is 0.228 e. The van der Waals surface area contributed by atoms with Gasteiger partial charge in [-0.15, -0.1) is 0 Å². The van der Waals surface area contributed by atoms with Crippen LogP contribution in [0.3, 0.4) is 0 Å². The molecule has 68 valence electrons. The minimum Gasteiger partial charge on any atom is -0.397 e. The summed E-state index contributed by atoms with van der Waals surface area (Å²) in [4.78, 5) is 12.8. The van der Waals surface area contributed by atoms with Gasteiger partial charge in [-0.25, -0.2) is 0 Å². The molecule has 0 spiro atoms. The van der Waals surface area contributed by atoms with Gasteiger partial charge in [0, 0.05) is 17.4 Å². The fourth-order valence-corrected chi connectivity index (χ4v) is 1.72. The van der Waals surface area contributed by atoms with Gasteiger partial charge in [0.15, 0.2) is 0 Å². The first-order chi connectivity index (χ1) is 6.18. The van der Waals surface area contributed by atoms with Gasteiger partial charge in [-0.3, -0.25) is 4.79 Å². The molecule has 13 heavy (non-hydrogen) atoms. The number of hydrogen-bond acceptors (Lipinski definition) is 2. The predicted octanol–water partition coefficient (Wildman–Crippen LogP) is 1.77. The van der Waals surface area contributed by atoms with Gasteiger partial charge in [-0.1, -0.05) is 15.9 Å². The maximum atomic E-state index is 11.1. The van der Waals surface area contributed by atoms with Crippen molar-refractivity contribution in [1.29, 1.82) is 0 Å². The molecule has 0 bridgehead atoms. The Hall–Kier alpha value is -1.03. The molecule has 0 aromatic heterocycles. The van der Waals surface area contributed by atoms with Gasteiger partial charge in [0.25, 0.3) is 0 Å². The van der Waals surface area contributed by atoms with Crippen molar-refractivity contribution >= 4 is 33.2 Å². The highest BCUT2D eigenvalue weighted by Crippen LogP contribution is 2.30. The molecule has 3 nitrogen and oxygen atoms in total. The van der Waals surface area contributed by atoms with Crippen LogP contribution in [0.2, 0.25) is 0 Å². The van der Waals surface area contributed by atoms with Crippen molar-refractivity contribution in [3.63, 3.8) is 0 Å². The van der Waals surface area contributed by atoms with Crippen molar-refractivity contribution in [3.8, 4) is 0 Å². The van der Waals surface area contributed by atoms with Crippen LogP contribution in [0, 0.1) is 0 Å². The molecule has 1 heterocycles. The van der Waals surface area contributed by atoms with Crippen LogP contribution in [0.5, 0.6) is 0 Å². The number of amides is 1. The van der Waals surface area contributed by atoms with Crippen molar-refractivity contribution in [2.75, 3.05) is 17.2 Å². The van der Waals surface area contributed by atoms with E-state index in [9.17, 15) is 4.79 Å². The van der Waals surface area contributed by atoms with E-state index in [-0.39, 0.29) is 5.91 Å². The number of carbonyl (C=O) groups is 1. The zero-order chi connectivity index (χ0) is 9.42. The summed E-state index contributed by atoms with van der Waals surface area (Å²) in [6.07, 6.45) is 0.634. The Morgan fingerprint density at radius 2 is 2.23 bits per heavy atom. The van der Waals surface area contributed by atoms with Gasteiger partial charge in [0.05, 0.1) is 11.4 Å². The standard InChI is InChI=1S/C9H9BrN2O/c10-6-1-2-8(7(11)5-6)12-4-3-9(12)13/h1-2,5H,3-4,11H2. The lowest BCUT2D eigenvalue weighted by atomic mass is 10.1. The number of benzene rings is 1. The monoisotopic (exact) mass is 240 g/mol. The summed E-state index contributed by atoms with van der Waals surface area (Å²) in [7, 11) is 0. The van der Waals surface area contributed by atoms with Crippen molar-refractivity contribution in [1.82, 2.24) is 0 Å². The van der Waals surface area contributed by atoms with Crippen molar-refractivity contribution in [2.45, 2.75) is 6.42 Å². The summed E-state index contributed by atoms with van der Waals surface area (Å²) in [5.74, 6) is 0.147. The molecule has 1 amide bonds. The van der Waals surface area contributed by atoms with Gasteiger partial charge in [0.1, 0.15) is 0 Å². The normalized spacial score (nSPS) is 15.8. The molecule has 1 aliphatic heterocycles. The molecule has 0 radical (unpaired) electrons. The second-order valence-corrected chi connectivity index (χ2v) is 3.91. The number of rotatable bonds is 1. The van der Waals surface area contributed by atoms with Crippen LogP contribution in [-0.2, 0) is 4.79 Å². The molecule has 0 saturated carbocycles. The molecule has 1 aromatic carbocycles. The van der Waals surface area contributed by atoms with Crippen LogP contribution < -0.4 is 10.6 Å². The van der Waals surface area contributed by atoms with Crippen LogP contribution in [0.15, 0.2) is 22.7 Å². The number of hydrogen-bond donors (Lipinski definition) is 1. The number of carbonyl (C=O) groups excluding carboxylic acids is 1. The van der Waals surface area contributed by atoms with Gasteiger partial charge in [-0.05, 0) is 18.2 Å². The topological polar surface area (TPSA) is 46.3 Å². The lowest BCUT2D eigenvalue weighted by Crippen LogP contribution is -2.43. The van der Waals surface area contributed by atoms with E-state index in [0.717, 1.165) is 16.7 Å². The molecule has 2 N–H and O–H groups in total. The third-order valence-corrected chi connectivity index (χ3v) is 2.62. The molecule has 0 atom stereocenters. The Kier molecular flexibility index (Phi) is 2.00. The lowest BCUT2D eigenvalue weighted by molar-refractivity contribution is -0.122. The average Bonchev–Trinajstić information content (AvgIpc) is 2.07. The first-order valence-corrected chi connectivity index (χ1v) is 4.83. The highest BCUT2D eigenvalue weighted by molar-refractivity contribution is 9.10. The third kappa shape index (κ3) is 1.42. The molecule has 2 rings (SSSR count). The largest absolute Gasteiger partial charge is 0.397 e. The SMILES string of the molecule is Nc1cc(Br)ccc1N1CCC1=O. The minimum absolute atomic E-state index is 0.147. The molecule has 1 aliphatic rings. The summed E-state index contributed by atoms with van der Waals surface area (Å²) < 4.78 is 0.932. The molecule has 0 aliphatic carbocycles. The molecule has 0 unspecified atom stereocenters. The summed E-state index contributed by atoms with van der Waals surface area (Å²) >= 11 is 3.32. The van der Waals surface area contributed by atoms with Crippen molar-refractivity contribution in [3.05, 3.63) is 22.7 Å². The summed E-state index contributed by atoms with van der Waals surface area (Å²) in [5.41, 5.74) is 7.23. The Balaban J connectivity index is 2.35. The summed E-state index contributed by atoms with van der Waals surface area (Å²) in [5, 5.41) is 0. The average molecular weight is 241 g/mol. The number of nitrogen functional groups attached to an aromatic ring is 1. The van der Waals surface area contributed by atoms with E-state index < -0.39 is 0 Å². The fraction of sp³-hybridized carbons (Fsp3) is 0.222. The number of β-lactam (4-membered cyclic amide) rings is 1. The van der Waals surface area contributed by atoms with Crippen LogP contribution in [0.1, 0.15) is 6.42 Å². The second-order valence-electron chi connectivity index (χ2n) is 3.00. The van der Waals surface area contributed by atoms with E-state index in [4.69, 9.17) is 5.73 Å². The van der Waals surface area contributed by atoms with Crippen LogP contribution >= 0.6 is 15.9 Å². The molecule has 1 fully saturated rings. The Morgan fingerprint density at radius 3 is 2.69 bits per heavy atom. The number of halogens is 1. The zero-order valence-electron chi connectivity index (χ0n) is 6.96. The van der Waals surface area contributed by atoms with Gasteiger partial charge in [0.2, 0.25) is 5.91 Å². The highest BCUT2D eigenvalue weighted by atomic mass is 79.9. The molecular formula is C9H9BrN2O. The number of nitrogens with two attached hydrogens (primary N) is 1. The molecule has 4 heteroatoms. The zero-order valence-corrected chi connectivity index (χ0v) is 8.54. The van der Waals surface area contributed by atoms with Gasteiger partial charge < -0.3 is 10.6 Å². The first-order valence-electron chi connectivity index (χ1n) is 4.04. The maximum absolute atomic E-state index is 11.1. The van der Waals surface area contributed by atoms with E-state index in [0.29, 0.717) is 12.1 Å². The van der Waals surface area contributed by atoms with E-state index in [1.807, 2.05) is 12.1 Å². The predicted molar refractivity (Wildman–Crippen MR) is 55.5 cm³/mol. The summed E-state index contributed by atoms with van der Waals surface area (Å²) in [6, 6.07) is 5.55. The Labute approximate surface area is 84.6 Å². The van der Waals surface area contributed by atoms with E-state index in [1.54, 1.807) is 11.0 Å². The highest BCUT2D eigenvalue weighted by Gasteiger charge is 2.26. The number of anilines is 2. The summed E-state index contributed by atoms with van der Waals surface area (Å²) in [6.45, 7) is 0.782. The second kappa shape index (κ2) is 3.03. The van der Waals surface area contributed by atoms with E-state index >= 15 is 0 Å². The van der Waals surface area contributed by atoms with Gasteiger partial charge >= 0.3 is 0 Å². The molecule has 1 aromatic rings. The molecule has 1 saturated heterocycles. The van der Waals surface area contributed by atoms with Gasteiger partial charge in [-0.2, -0.15) is 0 Å². The molecular weight excluding hydrogens is 232 g/mol. The van der Waals surface area contributed by atoms with E-state index in [2.05, 4.69) is 15.9 Å². The third-order valence-electron chi connectivity index (χ3n) is 2.13. The van der Waals surface area contributed by atoms with Crippen molar-refractivity contribution < 1.29 is 4.79 Å².